The van der Waals surface area contributed by atoms with Gasteiger partial charge < -0.3 is 10.4 Å². The minimum Gasteiger partial charge on any atom is -0.481 e. The predicted octanol–water partition coefficient (Wildman–Crippen LogP) is 4.79. The minimum atomic E-state index is -0.884. The number of nitrogens with one attached hydrogen (secondary N) is 1. The number of rotatable bonds is 4. The summed E-state index contributed by atoms with van der Waals surface area (Å²) in [4.78, 5) is 28.6. The van der Waals surface area contributed by atoms with Crippen LogP contribution in [-0.2, 0) is 9.59 Å². The molecule has 1 amide bonds. The molecule has 1 aliphatic rings. The quantitative estimate of drug-likeness (QED) is 0.682. The van der Waals surface area contributed by atoms with Gasteiger partial charge >= 0.3 is 5.97 Å². The number of hydrogen-bond acceptors (Lipinski definition) is 4. The number of nitrogens with zero attached hydrogens (tertiary/aromatic N) is 1. The lowest BCUT2D eigenvalue weighted by Crippen LogP contribution is -2.36. The Hall–Kier alpha value is -2.73. The third-order valence-electron chi connectivity index (χ3n) is 5.22. The van der Waals surface area contributed by atoms with Crippen LogP contribution in [0.4, 0.5) is 5.13 Å². The van der Waals surface area contributed by atoms with E-state index in [-0.39, 0.29) is 5.91 Å². The Morgan fingerprint density at radius 2 is 1.78 bits per heavy atom. The predicted molar refractivity (Wildman–Crippen MR) is 107 cm³/mol. The van der Waals surface area contributed by atoms with E-state index in [1.165, 1.54) is 11.3 Å². The van der Waals surface area contributed by atoms with Gasteiger partial charge in [-0.2, -0.15) is 0 Å². The molecule has 5 nitrogen and oxygen atoms in total. The second-order valence-electron chi connectivity index (χ2n) is 6.89. The van der Waals surface area contributed by atoms with Crippen LogP contribution in [0.1, 0.15) is 25.7 Å². The van der Waals surface area contributed by atoms with Crippen molar-refractivity contribution in [2.24, 2.45) is 11.8 Å². The van der Waals surface area contributed by atoms with Crippen molar-refractivity contribution in [1.29, 1.82) is 0 Å². The molecule has 2 aromatic carbocycles. The molecule has 1 aromatic heterocycles. The number of carbonyl (C=O) groups is 2. The summed E-state index contributed by atoms with van der Waals surface area (Å²) in [6.07, 6.45) is 2.93. The molecule has 0 bridgehead atoms. The molecule has 1 heterocycles. The van der Waals surface area contributed by atoms with E-state index >= 15 is 0 Å². The van der Waals surface area contributed by atoms with Crippen LogP contribution in [0.5, 0.6) is 0 Å². The summed E-state index contributed by atoms with van der Waals surface area (Å²) in [5.74, 6) is -2.20. The monoisotopic (exact) mass is 380 g/mol. The van der Waals surface area contributed by atoms with Gasteiger partial charge in [-0.25, -0.2) is 4.98 Å². The lowest BCUT2D eigenvalue weighted by atomic mass is 9.79. The lowest BCUT2D eigenvalue weighted by Gasteiger charge is -2.26. The molecule has 1 aliphatic carbocycles. The van der Waals surface area contributed by atoms with Crippen molar-refractivity contribution in [2.75, 3.05) is 5.32 Å². The highest BCUT2D eigenvalue weighted by Gasteiger charge is 2.36. The fraction of sp³-hybridized carbons (Fsp3) is 0.286. The highest BCUT2D eigenvalue weighted by molar-refractivity contribution is 7.14. The van der Waals surface area contributed by atoms with E-state index in [9.17, 15) is 14.7 Å². The number of benzene rings is 2. The lowest BCUT2D eigenvalue weighted by molar-refractivity contribution is -0.147. The molecule has 6 heteroatoms. The molecular weight excluding hydrogens is 360 g/mol. The van der Waals surface area contributed by atoms with Crippen LogP contribution in [0.2, 0.25) is 0 Å². The van der Waals surface area contributed by atoms with Gasteiger partial charge in [0, 0.05) is 10.9 Å². The third kappa shape index (κ3) is 3.57. The SMILES string of the molecule is O=C(O)[C@H]1CCCC[C@@H]1C(=O)Nc1nc(-c2cccc3ccccc23)cs1. The topological polar surface area (TPSA) is 79.3 Å². The molecule has 1 saturated carbocycles. The molecule has 1 fully saturated rings. The first kappa shape index (κ1) is 17.7. The molecule has 0 aliphatic heterocycles. The second kappa shape index (κ2) is 7.48. The smallest absolute Gasteiger partial charge is 0.307 e. The number of aromatic nitrogens is 1. The summed E-state index contributed by atoms with van der Waals surface area (Å²) >= 11 is 1.36. The van der Waals surface area contributed by atoms with Crippen molar-refractivity contribution < 1.29 is 14.7 Å². The number of carbonyl (C=O) groups excluding carboxylic acids is 1. The van der Waals surface area contributed by atoms with Gasteiger partial charge in [0.1, 0.15) is 0 Å². The Morgan fingerprint density at radius 1 is 1.04 bits per heavy atom. The maximum Gasteiger partial charge on any atom is 0.307 e. The highest BCUT2D eigenvalue weighted by Crippen LogP contribution is 2.33. The van der Waals surface area contributed by atoms with Gasteiger partial charge in [-0.3, -0.25) is 9.59 Å². The Balaban J connectivity index is 1.56. The Bertz CT molecular complexity index is 993. The maximum absolute atomic E-state index is 12.6. The van der Waals surface area contributed by atoms with Gasteiger partial charge in [0.05, 0.1) is 17.5 Å². The zero-order chi connectivity index (χ0) is 18.8. The summed E-state index contributed by atoms with van der Waals surface area (Å²) in [6.45, 7) is 0. The average molecular weight is 380 g/mol. The summed E-state index contributed by atoms with van der Waals surface area (Å²) in [6, 6.07) is 14.2. The zero-order valence-corrected chi connectivity index (χ0v) is 15.5. The molecule has 27 heavy (non-hydrogen) atoms. The van der Waals surface area contributed by atoms with Gasteiger partial charge in [0.15, 0.2) is 5.13 Å². The van der Waals surface area contributed by atoms with E-state index in [0.717, 1.165) is 34.9 Å². The largest absolute Gasteiger partial charge is 0.481 e. The summed E-state index contributed by atoms with van der Waals surface area (Å²) in [7, 11) is 0. The summed E-state index contributed by atoms with van der Waals surface area (Å²) in [5.41, 5.74) is 1.83. The molecule has 4 rings (SSSR count). The summed E-state index contributed by atoms with van der Waals surface area (Å²) < 4.78 is 0. The van der Waals surface area contributed by atoms with Crippen molar-refractivity contribution >= 4 is 39.1 Å². The third-order valence-corrected chi connectivity index (χ3v) is 5.98. The molecule has 3 aromatic rings. The molecule has 2 atom stereocenters. The number of thiazole rings is 1. The first-order valence-corrected chi connectivity index (χ1v) is 9.99. The van der Waals surface area contributed by atoms with Crippen LogP contribution < -0.4 is 5.32 Å². The van der Waals surface area contributed by atoms with Crippen LogP contribution in [-0.4, -0.2) is 22.0 Å². The first-order valence-electron chi connectivity index (χ1n) is 9.11. The van der Waals surface area contributed by atoms with Gasteiger partial charge in [0.25, 0.3) is 0 Å². The fourth-order valence-corrected chi connectivity index (χ4v) is 4.56. The van der Waals surface area contributed by atoms with Gasteiger partial charge in [-0.1, -0.05) is 55.3 Å². The fourth-order valence-electron chi connectivity index (χ4n) is 3.84. The van der Waals surface area contributed by atoms with Crippen molar-refractivity contribution in [1.82, 2.24) is 4.98 Å². The normalized spacial score (nSPS) is 19.7. The molecule has 0 saturated heterocycles. The molecule has 138 valence electrons. The van der Waals surface area contributed by atoms with Crippen LogP contribution in [0, 0.1) is 11.8 Å². The van der Waals surface area contributed by atoms with E-state index in [1.54, 1.807) is 0 Å². The van der Waals surface area contributed by atoms with Crippen molar-refractivity contribution in [3.63, 3.8) is 0 Å². The maximum atomic E-state index is 12.6. The highest BCUT2D eigenvalue weighted by atomic mass is 32.1. The Morgan fingerprint density at radius 3 is 2.59 bits per heavy atom. The number of fused-ring (bicyclic) bond motifs is 1. The summed E-state index contributed by atoms with van der Waals surface area (Å²) in [5, 5.41) is 16.9. The number of anilines is 1. The number of hydrogen-bond donors (Lipinski definition) is 2. The van der Waals surface area contributed by atoms with Gasteiger partial charge in [-0.05, 0) is 23.6 Å². The number of amides is 1. The molecular formula is C21H20N2O3S. The Labute approximate surface area is 161 Å². The van der Waals surface area contributed by atoms with E-state index in [2.05, 4.69) is 28.5 Å². The zero-order valence-electron chi connectivity index (χ0n) is 14.7. The van der Waals surface area contributed by atoms with Crippen LogP contribution in [0.3, 0.4) is 0 Å². The van der Waals surface area contributed by atoms with Crippen LogP contribution >= 0.6 is 11.3 Å². The van der Waals surface area contributed by atoms with Crippen molar-refractivity contribution in [2.45, 2.75) is 25.7 Å². The van der Waals surface area contributed by atoms with E-state index in [1.807, 2.05) is 29.6 Å². The first-order chi connectivity index (χ1) is 13.1. The number of aliphatic carboxylic acids is 1. The standard InChI is InChI=1S/C21H20N2O3S/c24-19(16-9-3-4-10-17(16)20(25)26)23-21-22-18(12-27-21)15-11-5-7-13-6-1-2-8-14(13)15/h1-2,5-8,11-12,16-17H,3-4,9-10H2,(H,25,26)(H,22,23,24)/t16-,17-/m0/s1. The van der Waals surface area contributed by atoms with Crippen molar-refractivity contribution in [3.05, 3.63) is 47.8 Å². The Kier molecular flexibility index (Phi) is 4.90. The number of carboxylic acids is 1. The van der Waals surface area contributed by atoms with Gasteiger partial charge in [0.2, 0.25) is 5.91 Å². The van der Waals surface area contributed by atoms with E-state index in [0.29, 0.717) is 18.0 Å². The van der Waals surface area contributed by atoms with Crippen LogP contribution in [0.15, 0.2) is 47.8 Å². The molecule has 0 radical (unpaired) electrons. The number of carboxylic acid groups (broad SMARTS) is 1. The van der Waals surface area contributed by atoms with E-state index in [4.69, 9.17) is 0 Å². The molecule has 0 spiro atoms. The molecule has 0 unspecified atom stereocenters. The van der Waals surface area contributed by atoms with Gasteiger partial charge in [-0.15, -0.1) is 11.3 Å². The molecule has 2 N–H and O–H groups in total. The van der Waals surface area contributed by atoms with Crippen LogP contribution in [0.25, 0.3) is 22.0 Å². The second-order valence-corrected chi connectivity index (χ2v) is 7.75. The van der Waals surface area contributed by atoms with Crippen molar-refractivity contribution in [3.8, 4) is 11.3 Å². The minimum absolute atomic E-state index is 0.235. The average Bonchev–Trinajstić information content (AvgIpc) is 3.15. The van der Waals surface area contributed by atoms with E-state index < -0.39 is 17.8 Å².